The zero-order valence-electron chi connectivity index (χ0n) is 17.3. The zero-order chi connectivity index (χ0) is 19.3. The Balaban J connectivity index is 0.00000141. The lowest BCUT2D eigenvalue weighted by Crippen LogP contribution is -1.97. The highest BCUT2D eigenvalue weighted by molar-refractivity contribution is 5.43. The van der Waals surface area contributed by atoms with Crippen LogP contribution < -0.4 is 10.5 Å². The Bertz CT molecular complexity index is 394. The highest BCUT2D eigenvalue weighted by atomic mass is 16.5. The Morgan fingerprint density at radius 2 is 1.27 bits per heavy atom. The molecule has 0 spiro atoms. The summed E-state index contributed by atoms with van der Waals surface area (Å²) in [6.07, 6.45) is 17.4. The number of rotatable bonds is 15. The Morgan fingerprint density at radius 1 is 0.769 bits per heavy atom. The Hall–Kier alpha value is -1.22. The molecule has 0 radical (unpaired) electrons. The van der Waals surface area contributed by atoms with Crippen molar-refractivity contribution in [2.75, 3.05) is 18.9 Å². The van der Waals surface area contributed by atoms with Crippen molar-refractivity contribution in [1.82, 2.24) is 0 Å². The Kier molecular flexibility index (Phi) is 19.2. The average molecular weight is 366 g/mol. The summed E-state index contributed by atoms with van der Waals surface area (Å²) in [5.74, 6) is 0.892. The molecule has 3 heteroatoms. The number of nitrogen functional groups attached to an aromatic ring is 1. The first kappa shape index (κ1) is 24.8. The number of ether oxygens (including phenoxy) is 1. The first-order chi connectivity index (χ1) is 12.7. The minimum atomic E-state index is 0.319. The number of hydrogen-bond donors (Lipinski definition) is 2. The van der Waals surface area contributed by atoms with E-state index in [4.69, 9.17) is 15.6 Å². The summed E-state index contributed by atoms with van der Waals surface area (Å²) in [5.41, 5.74) is 6.49. The molecule has 0 heterocycles. The van der Waals surface area contributed by atoms with Crippen molar-refractivity contribution in [2.24, 2.45) is 0 Å². The summed E-state index contributed by atoms with van der Waals surface area (Å²) in [6.45, 7) is 5.33. The molecule has 1 rings (SSSR count). The zero-order valence-corrected chi connectivity index (χ0v) is 17.3. The fraction of sp³-hybridized carbons (Fsp3) is 0.739. The monoisotopic (exact) mass is 365 g/mol. The second-order valence-corrected chi connectivity index (χ2v) is 7.03. The van der Waals surface area contributed by atoms with Gasteiger partial charge in [0.2, 0.25) is 0 Å². The second kappa shape index (κ2) is 20.1. The van der Waals surface area contributed by atoms with Crippen LogP contribution in [-0.2, 0) is 0 Å². The van der Waals surface area contributed by atoms with E-state index in [-0.39, 0.29) is 0 Å². The van der Waals surface area contributed by atoms with Crippen molar-refractivity contribution >= 4 is 5.69 Å². The lowest BCUT2D eigenvalue weighted by molar-refractivity contribution is 0.295. The van der Waals surface area contributed by atoms with Gasteiger partial charge in [0.1, 0.15) is 5.75 Å². The van der Waals surface area contributed by atoms with Gasteiger partial charge in [0.25, 0.3) is 0 Å². The molecule has 0 aromatic heterocycles. The maximum absolute atomic E-state index is 7.88. The lowest BCUT2D eigenvalue weighted by atomic mass is 10.1. The maximum atomic E-state index is 7.88. The van der Waals surface area contributed by atoms with Crippen LogP contribution in [0.4, 0.5) is 5.69 Å². The number of aliphatic hydroxyl groups is 1. The van der Waals surface area contributed by atoms with Gasteiger partial charge in [0, 0.05) is 18.4 Å². The predicted molar refractivity (Wildman–Crippen MR) is 115 cm³/mol. The molecule has 3 N–H and O–H groups in total. The van der Waals surface area contributed by atoms with E-state index in [1.807, 2.05) is 31.2 Å². The van der Waals surface area contributed by atoms with Gasteiger partial charge >= 0.3 is 0 Å². The molecule has 0 atom stereocenters. The first-order valence-electron chi connectivity index (χ1n) is 10.8. The highest BCUT2D eigenvalue weighted by Crippen LogP contribution is 2.15. The molecule has 26 heavy (non-hydrogen) atoms. The van der Waals surface area contributed by atoms with Crippen LogP contribution in [0.3, 0.4) is 0 Å². The molecule has 0 amide bonds. The SMILES string of the molecule is CCCCCCCCCCCCCCOc1cccc(N)c1.CCCO. The highest BCUT2D eigenvalue weighted by Gasteiger charge is 1.96. The minimum absolute atomic E-state index is 0.319. The van der Waals surface area contributed by atoms with Gasteiger partial charge in [-0.3, -0.25) is 0 Å². The van der Waals surface area contributed by atoms with E-state index < -0.39 is 0 Å². The van der Waals surface area contributed by atoms with Crippen molar-refractivity contribution in [1.29, 1.82) is 0 Å². The van der Waals surface area contributed by atoms with E-state index in [1.165, 1.54) is 70.6 Å². The molecule has 0 unspecified atom stereocenters. The van der Waals surface area contributed by atoms with Crippen LogP contribution in [0.1, 0.15) is 97.3 Å². The summed E-state index contributed by atoms with van der Waals surface area (Å²) in [6, 6.07) is 7.68. The quantitative estimate of drug-likeness (QED) is 0.267. The average Bonchev–Trinajstić information content (AvgIpc) is 2.66. The number of anilines is 1. The molecule has 0 saturated carbocycles. The van der Waals surface area contributed by atoms with E-state index in [0.717, 1.165) is 30.9 Å². The van der Waals surface area contributed by atoms with Crippen LogP contribution in [-0.4, -0.2) is 18.3 Å². The molecule has 1 aromatic carbocycles. The van der Waals surface area contributed by atoms with E-state index in [2.05, 4.69) is 6.92 Å². The van der Waals surface area contributed by atoms with Crippen molar-refractivity contribution in [3.05, 3.63) is 24.3 Å². The maximum Gasteiger partial charge on any atom is 0.121 e. The molecule has 152 valence electrons. The molecule has 0 saturated heterocycles. The molecule has 0 aliphatic rings. The fourth-order valence-electron chi connectivity index (χ4n) is 2.74. The third kappa shape index (κ3) is 17.6. The first-order valence-corrected chi connectivity index (χ1v) is 10.8. The van der Waals surface area contributed by atoms with Gasteiger partial charge in [-0.25, -0.2) is 0 Å². The van der Waals surface area contributed by atoms with Gasteiger partial charge in [0.05, 0.1) is 6.61 Å². The smallest absolute Gasteiger partial charge is 0.121 e. The summed E-state index contributed by atoms with van der Waals surface area (Å²) in [5, 5.41) is 7.88. The third-order valence-electron chi connectivity index (χ3n) is 4.35. The van der Waals surface area contributed by atoms with Crippen LogP contribution in [0.2, 0.25) is 0 Å². The van der Waals surface area contributed by atoms with Gasteiger partial charge in [-0.1, -0.05) is 90.5 Å². The molecule has 3 nitrogen and oxygen atoms in total. The number of aliphatic hydroxyl groups excluding tert-OH is 1. The van der Waals surface area contributed by atoms with Crippen LogP contribution in [0, 0.1) is 0 Å². The third-order valence-corrected chi connectivity index (χ3v) is 4.35. The van der Waals surface area contributed by atoms with Crippen LogP contribution in [0.25, 0.3) is 0 Å². The minimum Gasteiger partial charge on any atom is -0.494 e. The van der Waals surface area contributed by atoms with E-state index >= 15 is 0 Å². The molecular weight excluding hydrogens is 322 g/mol. The topological polar surface area (TPSA) is 55.5 Å². The number of hydrogen-bond acceptors (Lipinski definition) is 3. The van der Waals surface area contributed by atoms with Gasteiger partial charge in [-0.15, -0.1) is 0 Å². The molecule has 0 bridgehead atoms. The summed E-state index contributed by atoms with van der Waals surface area (Å²) < 4.78 is 5.70. The van der Waals surface area contributed by atoms with Crippen molar-refractivity contribution in [2.45, 2.75) is 97.3 Å². The number of unbranched alkanes of at least 4 members (excludes halogenated alkanes) is 11. The van der Waals surface area contributed by atoms with Crippen molar-refractivity contribution in [3.8, 4) is 5.75 Å². The largest absolute Gasteiger partial charge is 0.494 e. The molecule has 0 aliphatic heterocycles. The lowest BCUT2D eigenvalue weighted by Gasteiger charge is -2.06. The summed E-state index contributed by atoms with van der Waals surface area (Å²) in [4.78, 5) is 0. The van der Waals surface area contributed by atoms with Crippen molar-refractivity contribution < 1.29 is 9.84 Å². The Morgan fingerprint density at radius 3 is 1.73 bits per heavy atom. The van der Waals surface area contributed by atoms with E-state index in [9.17, 15) is 0 Å². The van der Waals surface area contributed by atoms with E-state index in [1.54, 1.807) is 0 Å². The van der Waals surface area contributed by atoms with Gasteiger partial charge in [-0.2, -0.15) is 0 Å². The molecule has 0 aliphatic carbocycles. The normalized spacial score (nSPS) is 10.3. The molecule has 1 aromatic rings. The number of benzene rings is 1. The fourth-order valence-corrected chi connectivity index (χ4v) is 2.74. The standard InChI is InChI=1S/C20H35NO.C3H8O/c1-2-3-4-5-6-7-8-9-10-11-12-13-17-22-20-16-14-15-19(21)18-20;1-2-3-4/h14-16,18H,2-13,17,21H2,1H3;4H,2-3H2,1H3. The number of nitrogens with two attached hydrogens (primary N) is 1. The van der Waals surface area contributed by atoms with E-state index in [0.29, 0.717) is 6.61 Å². The predicted octanol–water partition coefficient (Wildman–Crippen LogP) is 6.74. The van der Waals surface area contributed by atoms with Gasteiger partial charge < -0.3 is 15.6 Å². The van der Waals surface area contributed by atoms with Gasteiger partial charge in [0.15, 0.2) is 0 Å². The van der Waals surface area contributed by atoms with Crippen LogP contribution in [0.5, 0.6) is 5.75 Å². The van der Waals surface area contributed by atoms with Gasteiger partial charge in [-0.05, 0) is 25.0 Å². The summed E-state index contributed by atoms with van der Waals surface area (Å²) >= 11 is 0. The van der Waals surface area contributed by atoms with Crippen LogP contribution in [0.15, 0.2) is 24.3 Å². The summed E-state index contributed by atoms with van der Waals surface area (Å²) in [7, 11) is 0. The molecular formula is C23H43NO2. The van der Waals surface area contributed by atoms with Crippen LogP contribution >= 0.6 is 0 Å². The molecule has 0 fully saturated rings. The van der Waals surface area contributed by atoms with Crippen molar-refractivity contribution in [3.63, 3.8) is 0 Å². The second-order valence-electron chi connectivity index (χ2n) is 7.03. The Labute approximate surface area is 162 Å².